The molecule has 0 saturated carbocycles. The van der Waals surface area contributed by atoms with E-state index in [1.54, 1.807) is 14.5 Å². The van der Waals surface area contributed by atoms with E-state index in [0.29, 0.717) is 19.5 Å². The van der Waals surface area contributed by atoms with Crippen molar-refractivity contribution >= 4 is 28.8 Å². The van der Waals surface area contributed by atoms with Crippen LogP contribution in [0.25, 0.3) is 11.0 Å². The number of likely N-dealkylation sites (tertiary alicyclic amines) is 1. The fraction of sp³-hybridized carbons (Fsp3) is 0.406. The van der Waals surface area contributed by atoms with Crippen LogP contribution in [-0.4, -0.2) is 96.0 Å². The van der Waals surface area contributed by atoms with Crippen LogP contribution in [0.2, 0.25) is 0 Å². The molecule has 0 bridgehead atoms. The molecular weight excluding hydrogens is 548 g/mol. The standard InChI is InChI=1S/C32H34N6O5/c1-31-14-7-16-35(20-22-10-3-2-4-11-22)28(40)25(31)26-29(41)37(18-9-19-39)27-30(42)36(17-8-15-32(26,27)43-31)21-38-24-13-6-5-12-23(24)33-34-38/h2-8,10-15,25-27,39H,9,16-21H2,1H3/t25-,26+,27?,31+,32+/m1/s1. The molecule has 5 atom stereocenters. The molecule has 11 heteroatoms. The number of fused-ring (bicyclic) bond motifs is 3. The van der Waals surface area contributed by atoms with Crippen LogP contribution >= 0.6 is 0 Å². The molecule has 1 unspecified atom stereocenters. The summed E-state index contributed by atoms with van der Waals surface area (Å²) in [5, 5.41) is 18.2. The minimum Gasteiger partial charge on any atom is -0.396 e. The lowest BCUT2D eigenvalue weighted by atomic mass is 9.74. The van der Waals surface area contributed by atoms with E-state index in [1.165, 1.54) is 4.90 Å². The topological polar surface area (TPSA) is 121 Å². The van der Waals surface area contributed by atoms with E-state index in [0.717, 1.165) is 16.6 Å². The molecule has 0 aliphatic carbocycles. The number of carbonyl (C=O) groups is 3. The van der Waals surface area contributed by atoms with Gasteiger partial charge in [0.1, 0.15) is 23.8 Å². The number of amides is 3. The van der Waals surface area contributed by atoms with Crippen molar-refractivity contribution in [2.24, 2.45) is 11.8 Å². The van der Waals surface area contributed by atoms with Crippen molar-refractivity contribution in [2.75, 3.05) is 26.2 Å². The molecule has 11 nitrogen and oxygen atoms in total. The zero-order valence-electron chi connectivity index (χ0n) is 24.0. The Morgan fingerprint density at radius 3 is 2.47 bits per heavy atom. The Labute approximate surface area is 249 Å². The second kappa shape index (κ2) is 10.4. The molecule has 7 rings (SSSR count). The molecule has 43 heavy (non-hydrogen) atoms. The van der Waals surface area contributed by atoms with Gasteiger partial charge in [-0.3, -0.25) is 14.4 Å². The quantitative estimate of drug-likeness (QED) is 0.422. The maximum Gasteiger partial charge on any atom is 0.250 e. The number of benzene rings is 2. The molecule has 4 aliphatic rings. The first-order valence-electron chi connectivity index (χ1n) is 14.7. The van der Waals surface area contributed by atoms with Gasteiger partial charge in [-0.25, -0.2) is 4.68 Å². The van der Waals surface area contributed by atoms with Gasteiger partial charge in [0.05, 0.1) is 23.0 Å². The van der Waals surface area contributed by atoms with Crippen LogP contribution in [0.1, 0.15) is 18.9 Å². The lowest BCUT2D eigenvalue weighted by molar-refractivity contribution is -0.153. The van der Waals surface area contributed by atoms with Crippen molar-refractivity contribution in [3.63, 3.8) is 0 Å². The van der Waals surface area contributed by atoms with Gasteiger partial charge >= 0.3 is 0 Å². The second-order valence-electron chi connectivity index (χ2n) is 11.9. The molecule has 3 amide bonds. The molecule has 5 heterocycles. The Balaban J connectivity index is 1.26. The SMILES string of the molecule is C[C@]12C=CCN(Cc3ccccc3)C(=O)[C@H]1[C@H]1C(=O)N(CCCO)C3C(=O)N(Cn4nnc5ccccc54)CC=C[C@@]31O2. The minimum atomic E-state index is -1.35. The van der Waals surface area contributed by atoms with Gasteiger partial charge in [-0.1, -0.05) is 72.0 Å². The zero-order valence-corrected chi connectivity index (χ0v) is 24.0. The van der Waals surface area contributed by atoms with Crippen LogP contribution in [0.3, 0.4) is 0 Å². The first-order chi connectivity index (χ1) is 20.9. The summed E-state index contributed by atoms with van der Waals surface area (Å²) in [4.78, 5) is 48.1. The maximum atomic E-state index is 14.5. The number of para-hydroxylation sites is 1. The molecule has 4 aliphatic heterocycles. The normalized spacial score (nSPS) is 30.0. The summed E-state index contributed by atoms with van der Waals surface area (Å²) in [5.74, 6) is -2.50. The Hall–Kier alpha value is -4.35. The number of hydrogen-bond acceptors (Lipinski definition) is 7. The highest BCUT2D eigenvalue weighted by Gasteiger charge is 2.74. The van der Waals surface area contributed by atoms with Crippen LogP contribution in [0.5, 0.6) is 0 Å². The summed E-state index contributed by atoms with van der Waals surface area (Å²) in [7, 11) is 0. The highest BCUT2D eigenvalue weighted by Crippen LogP contribution is 2.57. The fourth-order valence-corrected chi connectivity index (χ4v) is 7.36. The summed E-state index contributed by atoms with van der Waals surface area (Å²) >= 11 is 0. The van der Waals surface area contributed by atoms with Gasteiger partial charge in [0.15, 0.2) is 0 Å². The summed E-state index contributed by atoms with van der Waals surface area (Å²) in [5.41, 5.74) is 0.0544. The molecule has 1 spiro atoms. The number of aliphatic hydroxyl groups is 1. The first-order valence-corrected chi connectivity index (χ1v) is 14.7. The van der Waals surface area contributed by atoms with E-state index in [-0.39, 0.29) is 44.1 Å². The average Bonchev–Trinajstić information content (AvgIpc) is 3.54. The Bertz CT molecular complexity index is 1640. The fourth-order valence-electron chi connectivity index (χ4n) is 7.36. The molecular formula is C32H34N6O5. The second-order valence-corrected chi connectivity index (χ2v) is 11.9. The number of ether oxygens (including phenoxy) is 1. The van der Waals surface area contributed by atoms with Gasteiger partial charge in [0.25, 0.3) is 5.91 Å². The summed E-state index contributed by atoms with van der Waals surface area (Å²) in [6, 6.07) is 16.3. The molecule has 2 saturated heterocycles. The van der Waals surface area contributed by atoms with Gasteiger partial charge in [-0.2, -0.15) is 0 Å². The molecule has 2 aromatic carbocycles. The van der Waals surface area contributed by atoms with Crippen molar-refractivity contribution in [3.8, 4) is 0 Å². The molecule has 1 N–H and O–H groups in total. The predicted octanol–water partition coefficient (Wildman–Crippen LogP) is 1.74. The zero-order chi connectivity index (χ0) is 29.8. The van der Waals surface area contributed by atoms with Crippen LogP contribution in [0, 0.1) is 11.8 Å². The van der Waals surface area contributed by atoms with Crippen molar-refractivity contribution in [3.05, 3.63) is 84.5 Å². The third kappa shape index (κ3) is 4.29. The average molecular weight is 583 g/mol. The van der Waals surface area contributed by atoms with E-state index < -0.39 is 29.1 Å². The monoisotopic (exact) mass is 582 g/mol. The highest BCUT2D eigenvalue weighted by molar-refractivity contribution is 6.00. The summed E-state index contributed by atoms with van der Waals surface area (Å²) in [6.45, 7) is 3.07. The van der Waals surface area contributed by atoms with Crippen molar-refractivity contribution in [2.45, 2.75) is 43.8 Å². The van der Waals surface area contributed by atoms with Gasteiger partial charge in [0.2, 0.25) is 11.8 Å². The number of carbonyl (C=O) groups excluding carboxylic acids is 3. The van der Waals surface area contributed by atoms with E-state index in [1.807, 2.05) is 85.8 Å². The smallest absolute Gasteiger partial charge is 0.250 e. The third-order valence-electron chi connectivity index (χ3n) is 9.22. The highest BCUT2D eigenvalue weighted by atomic mass is 16.5. The third-order valence-corrected chi connectivity index (χ3v) is 9.22. The largest absolute Gasteiger partial charge is 0.396 e. The van der Waals surface area contributed by atoms with Gasteiger partial charge < -0.3 is 24.5 Å². The summed E-state index contributed by atoms with van der Waals surface area (Å²) in [6.07, 6.45) is 7.80. The van der Waals surface area contributed by atoms with Gasteiger partial charge in [-0.05, 0) is 31.0 Å². The van der Waals surface area contributed by atoms with E-state index in [2.05, 4.69) is 10.3 Å². The van der Waals surface area contributed by atoms with Crippen LogP contribution in [0.4, 0.5) is 0 Å². The summed E-state index contributed by atoms with van der Waals surface area (Å²) < 4.78 is 8.54. The number of rotatable bonds is 7. The molecule has 3 aromatic rings. The van der Waals surface area contributed by atoms with Crippen molar-refractivity contribution < 1.29 is 24.2 Å². The number of aliphatic hydroxyl groups excluding tert-OH is 1. The van der Waals surface area contributed by atoms with Crippen LogP contribution in [0.15, 0.2) is 78.9 Å². The van der Waals surface area contributed by atoms with E-state index >= 15 is 0 Å². The minimum absolute atomic E-state index is 0.132. The van der Waals surface area contributed by atoms with Crippen molar-refractivity contribution in [1.82, 2.24) is 29.7 Å². The molecule has 1 aromatic heterocycles. The van der Waals surface area contributed by atoms with Crippen molar-refractivity contribution in [1.29, 1.82) is 0 Å². The Morgan fingerprint density at radius 1 is 0.907 bits per heavy atom. The number of nitrogens with zero attached hydrogens (tertiary/aromatic N) is 6. The first kappa shape index (κ1) is 27.5. The van der Waals surface area contributed by atoms with Crippen LogP contribution < -0.4 is 0 Å². The molecule has 2 fully saturated rings. The molecule has 222 valence electrons. The van der Waals surface area contributed by atoms with Crippen LogP contribution in [-0.2, 0) is 32.3 Å². The van der Waals surface area contributed by atoms with Gasteiger partial charge in [0, 0.05) is 32.8 Å². The van der Waals surface area contributed by atoms with E-state index in [9.17, 15) is 19.5 Å². The molecule has 0 radical (unpaired) electrons. The Kier molecular flexibility index (Phi) is 6.66. The van der Waals surface area contributed by atoms with Gasteiger partial charge in [-0.15, -0.1) is 5.10 Å². The lowest BCUT2D eigenvalue weighted by Gasteiger charge is -2.37. The lowest BCUT2D eigenvalue weighted by Crippen LogP contribution is -2.56. The number of hydrogen-bond donors (Lipinski definition) is 1. The number of aromatic nitrogens is 3. The predicted molar refractivity (Wildman–Crippen MR) is 156 cm³/mol. The van der Waals surface area contributed by atoms with E-state index in [4.69, 9.17) is 4.74 Å². The Morgan fingerprint density at radius 2 is 1.65 bits per heavy atom. The maximum absolute atomic E-state index is 14.5.